The SMILES string of the molecule is CCCCC(N=C1NS(=O)(=O)c2ccccc21)C(=O)NCC1(c2ccccc2)CCC1. The monoisotopic (exact) mass is 439 g/mol. The summed E-state index contributed by atoms with van der Waals surface area (Å²) in [6.07, 6.45) is 5.62. The fourth-order valence-corrected chi connectivity index (χ4v) is 5.61. The molecule has 1 saturated carbocycles. The molecule has 7 heteroatoms. The summed E-state index contributed by atoms with van der Waals surface area (Å²) < 4.78 is 27.3. The van der Waals surface area contributed by atoms with E-state index in [0.29, 0.717) is 18.5 Å². The number of aliphatic imine (C=N–C) groups is 1. The number of hydrogen-bond donors (Lipinski definition) is 2. The van der Waals surface area contributed by atoms with Gasteiger partial charge in [-0.15, -0.1) is 0 Å². The molecular formula is C24H29N3O3S. The molecule has 2 aliphatic rings. The molecule has 164 valence electrons. The Morgan fingerprint density at radius 2 is 1.84 bits per heavy atom. The van der Waals surface area contributed by atoms with Crippen molar-refractivity contribution in [1.82, 2.24) is 10.0 Å². The summed E-state index contributed by atoms with van der Waals surface area (Å²) >= 11 is 0. The van der Waals surface area contributed by atoms with Crippen molar-refractivity contribution < 1.29 is 13.2 Å². The van der Waals surface area contributed by atoms with Crippen molar-refractivity contribution in [2.24, 2.45) is 4.99 Å². The topological polar surface area (TPSA) is 87.6 Å². The third-order valence-electron chi connectivity index (χ3n) is 6.38. The Kier molecular flexibility index (Phi) is 6.14. The van der Waals surface area contributed by atoms with Crippen molar-refractivity contribution >= 4 is 21.8 Å². The standard InChI is InChI=1S/C24H29N3O3S/c1-2-3-13-20(26-22-19-12-7-8-14-21(19)31(29,30)27-22)23(28)25-17-24(15-9-16-24)18-10-5-4-6-11-18/h4-8,10-12,14,20H,2-3,9,13,15-17H2,1H3,(H,25,28)(H,26,27). The highest BCUT2D eigenvalue weighted by molar-refractivity contribution is 7.90. The minimum atomic E-state index is -3.63. The molecule has 1 heterocycles. The number of nitrogens with one attached hydrogen (secondary N) is 2. The maximum Gasteiger partial charge on any atom is 0.263 e. The lowest BCUT2D eigenvalue weighted by atomic mass is 9.64. The maximum atomic E-state index is 13.1. The lowest BCUT2D eigenvalue weighted by molar-refractivity contribution is -0.122. The smallest absolute Gasteiger partial charge is 0.263 e. The van der Waals surface area contributed by atoms with Gasteiger partial charge < -0.3 is 5.32 Å². The van der Waals surface area contributed by atoms with Crippen LogP contribution < -0.4 is 10.0 Å². The largest absolute Gasteiger partial charge is 0.353 e. The minimum Gasteiger partial charge on any atom is -0.353 e. The number of carbonyl (C=O) groups is 1. The molecule has 0 radical (unpaired) electrons. The first kappa shape index (κ1) is 21.6. The average Bonchev–Trinajstić information content (AvgIpc) is 3.01. The highest BCUT2D eigenvalue weighted by atomic mass is 32.2. The second-order valence-electron chi connectivity index (χ2n) is 8.46. The van der Waals surface area contributed by atoms with Gasteiger partial charge in [0.05, 0.1) is 4.90 Å². The molecule has 2 aromatic rings. The molecule has 0 spiro atoms. The van der Waals surface area contributed by atoms with Crippen molar-refractivity contribution in [2.75, 3.05) is 6.54 Å². The summed E-state index contributed by atoms with van der Waals surface area (Å²) in [6.45, 7) is 2.64. The van der Waals surface area contributed by atoms with Gasteiger partial charge in [0, 0.05) is 17.5 Å². The molecule has 1 amide bonds. The van der Waals surface area contributed by atoms with Gasteiger partial charge in [0.2, 0.25) is 5.91 Å². The quantitative estimate of drug-likeness (QED) is 0.660. The number of benzene rings is 2. The molecule has 1 aliphatic carbocycles. The summed E-state index contributed by atoms with van der Waals surface area (Å²) in [4.78, 5) is 17.9. The summed E-state index contributed by atoms with van der Waals surface area (Å²) in [7, 11) is -3.63. The van der Waals surface area contributed by atoms with E-state index in [1.807, 2.05) is 18.2 Å². The van der Waals surface area contributed by atoms with Crippen LogP contribution in [0.15, 0.2) is 64.5 Å². The molecular weight excluding hydrogens is 410 g/mol. The molecule has 1 aliphatic heterocycles. The predicted molar refractivity (Wildman–Crippen MR) is 122 cm³/mol. The summed E-state index contributed by atoms with van der Waals surface area (Å²) in [5, 5.41) is 3.13. The van der Waals surface area contributed by atoms with Crippen LogP contribution in [0.3, 0.4) is 0 Å². The van der Waals surface area contributed by atoms with Crippen molar-refractivity contribution in [3.05, 3.63) is 65.7 Å². The molecule has 1 fully saturated rings. The van der Waals surface area contributed by atoms with Crippen LogP contribution in [0.1, 0.15) is 56.6 Å². The number of sulfonamides is 1. The molecule has 2 aromatic carbocycles. The number of amides is 1. The van der Waals surface area contributed by atoms with Crippen LogP contribution in [-0.4, -0.2) is 32.7 Å². The van der Waals surface area contributed by atoms with Gasteiger partial charge in [-0.1, -0.05) is 68.7 Å². The zero-order valence-electron chi connectivity index (χ0n) is 17.8. The lowest BCUT2D eigenvalue weighted by Crippen LogP contribution is -2.48. The Morgan fingerprint density at radius 3 is 2.52 bits per heavy atom. The van der Waals surface area contributed by atoms with Crippen LogP contribution in [0, 0.1) is 0 Å². The molecule has 31 heavy (non-hydrogen) atoms. The number of rotatable bonds is 8. The van der Waals surface area contributed by atoms with Crippen molar-refractivity contribution in [3.8, 4) is 0 Å². The lowest BCUT2D eigenvalue weighted by Gasteiger charge is -2.42. The second kappa shape index (κ2) is 8.83. The molecule has 4 rings (SSSR count). The minimum absolute atomic E-state index is 0.0130. The van der Waals surface area contributed by atoms with E-state index >= 15 is 0 Å². The summed E-state index contributed by atoms with van der Waals surface area (Å²) in [5.41, 5.74) is 1.77. The highest BCUT2D eigenvalue weighted by Crippen LogP contribution is 2.43. The fraction of sp³-hybridized carbons (Fsp3) is 0.417. The van der Waals surface area contributed by atoms with Gasteiger partial charge in [-0.05, 0) is 37.0 Å². The van der Waals surface area contributed by atoms with Gasteiger partial charge in [-0.3, -0.25) is 14.5 Å². The van der Waals surface area contributed by atoms with Crippen LogP contribution in [0.25, 0.3) is 0 Å². The van der Waals surface area contributed by atoms with E-state index < -0.39 is 16.1 Å². The number of amidine groups is 1. The number of nitrogens with zero attached hydrogens (tertiary/aromatic N) is 1. The molecule has 0 aromatic heterocycles. The first-order valence-electron chi connectivity index (χ1n) is 11.0. The van der Waals surface area contributed by atoms with Gasteiger partial charge in [-0.25, -0.2) is 8.42 Å². The van der Waals surface area contributed by atoms with Gasteiger partial charge in [0.25, 0.3) is 10.0 Å². The molecule has 1 unspecified atom stereocenters. The van der Waals surface area contributed by atoms with Crippen molar-refractivity contribution in [2.45, 2.75) is 61.8 Å². The molecule has 6 nitrogen and oxygen atoms in total. The van der Waals surface area contributed by atoms with Crippen molar-refractivity contribution in [1.29, 1.82) is 0 Å². The first-order chi connectivity index (χ1) is 15.0. The second-order valence-corrected chi connectivity index (χ2v) is 10.1. The predicted octanol–water partition coefficient (Wildman–Crippen LogP) is 3.52. The van der Waals surface area contributed by atoms with Gasteiger partial charge in [-0.2, -0.15) is 0 Å². The van der Waals surface area contributed by atoms with Gasteiger partial charge in [0.15, 0.2) is 0 Å². The molecule has 0 bridgehead atoms. The van der Waals surface area contributed by atoms with Crippen LogP contribution in [0.2, 0.25) is 0 Å². The van der Waals surface area contributed by atoms with Crippen LogP contribution >= 0.6 is 0 Å². The number of fused-ring (bicyclic) bond motifs is 1. The third-order valence-corrected chi connectivity index (χ3v) is 7.78. The zero-order valence-corrected chi connectivity index (χ0v) is 18.6. The van der Waals surface area contributed by atoms with E-state index in [0.717, 1.165) is 32.1 Å². The van der Waals surface area contributed by atoms with Crippen LogP contribution in [0.4, 0.5) is 0 Å². The Balaban J connectivity index is 1.53. The molecule has 1 atom stereocenters. The Labute approximate surface area is 184 Å². The van der Waals surface area contributed by atoms with E-state index in [4.69, 9.17) is 0 Å². The molecule has 2 N–H and O–H groups in total. The van der Waals surface area contributed by atoms with E-state index in [1.54, 1.807) is 24.3 Å². The average molecular weight is 440 g/mol. The Morgan fingerprint density at radius 1 is 1.13 bits per heavy atom. The Bertz CT molecular complexity index is 1080. The fourth-order valence-electron chi connectivity index (χ4n) is 4.37. The van der Waals surface area contributed by atoms with E-state index in [-0.39, 0.29) is 22.1 Å². The van der Waals surface area contributed by atoms with Gasteiger partial charge in [0.1, 0.15) is 11.9 Å². The Hall–Kier alpha value is -2.67. The van der Waals surface area contributed by atoms with Gasteiger partial charge >= 0.3 is 0 Å². The van der Waals surface area contributed by atoms with Crippen LogP contribution in [-0.2, 0) is 20.2 Å². The van der Waals surface area contributed by atoms with E-state index in [9.17, 15) is 13.2 Å². The summed E-state index contributed by atoms with van der Waals surface area (Å²) in [6, 6.07) is 16.5. The number of hydrogen-bond acceptors (Lipinski definition) is 4. The zero-order chi connectivity index (χ0) is 21.9. The number of carbonyl (C=O) groups excluding carboxylic acids is 1. The summed E-state index contributed by atoms with van der Waals surface area (Å²) in [5.74, 6) is 0.111. The highest BCUT2D eigenvalue weighted by Gasteiger charge is 2.39. The molecule has 0 saturated heterocycles. The maximum absolute atomic E-state index is 13.1. The van der Waals surface area contributed by atoms with E-state index in [2.05, 4.69) is 34.1 Å². The van der Waals surface area contributed by atoms with Crippen LogP contribution in [0.5, 0.6) is 0 Å². The van der Waals surface area contributed by atoms with E-state index in [1.165, 1.54) is 5.56 Å². The third kappa shape index (κ3) is 4.37. The van der Waals surface area contributed by atoms with Crippen molar-refractivity contribution in [3.63, 3.8) is 0 Å². The first-order valence-corrected chi connectivity index (χ1v) is 12.5. The number of unbranched alkanes of at least 4 members (excludes halogenated alkanes) is 1. The normalized spacial score (nSPS) is 20.4.